The second-order valence-electron chi connectivity index (χ2n) is 7.40. The highest BCUT2D eigenvalue weighted by molar-refractivity contribution is 7.99. The van der Waals surface area contributed by atoms with Crippen molar-refractivity contribution in [2.45, 2.75) is 76.8 Å². The minimum Gasteiger partial charge on any atom is -0.394 e. The average molecular weight is 396 g/mol. The molecule has 0 aliphatic carbocycles. The molecule has 2 N–H and O–H groups in total. The molecular formula is C19H29N3O2S2. The van der Waals surface area contributed by atoms with Crippen LogP contribution in [0.5, 0.6) is 0 Å². The van der Waals surface area contributed by atoms with Crippen LogP contribution in [0.2, 0.25) is 0 Å². The predicted molar refractivity (Wildman–Crippen MR) is 110 cm³/mol. The number of hydrogen-bond acceptors (Lipinski definition) is 7. The molecule has 0 fully saturated rings. The zero-order valence-corrected chi connectivity index (χ0v) is 17.7. The van der Waals surface area contributed by atoms with Gasteiger partial charge in [-0.3, -0.25) is 0 Å². The van der Waals surface area contributed by atoms with E-state index in [1.165, 1.54) is 16.9 Å². The van der Waals surface area contributed by atoms with Gasteiger partial charge in [0.25, 0.3) is 0 Å². The van der Waals surface area contributed by atoms with Crippen molar-refractivity contribution in [3.05, 3.63) is 10.4 Å². The largest absolute Gasteiger partial charge is 0.394 e. The average Bonchev–Trinajstić information content (AvgIpc) is 2.96. The lowest BCUT2D eigenvalue weighted by molar-refractivity contribution is -0.0379. The summed E-state index contributed by atoms with van der Waals surface area (Å²) >= 11 is 3.43. The Kier molecular flexibility index (Phi) is 6.43. The van der Waals surface area contributed by atoms with E-state index >= 15 is 0 Å². The lowest BCUT2D eigenvalue weighted by atomic mass is 9.94. The zero-order valence-electron chi connectivity index (χ0n) is 16.1. The number of aromatic nitrogens is 2. The molecule has 144 valence electrons. The van der Waals surface area contributed by atoms with Crippen molar-refractivity contribution in [2.24, 2.45) is 0 Å². The van der Waals surface area contributed by atoms with Crippen molar-refractivity contribution in [2.75, 3.05) is 17.7 Å². The van der Waals surface area contributed by atoms with Crippen molar-refractivity contribution >= 4 is 39.1 Å². The second-order valence-corrected chi connectivity index (χ2v) is 9.54. The highest BCUT2D eigenvalue weighted by Crippen LogP contribution is 2.41. The lowest BCUT2D eigenvalue weighted by Gasteiger charge is -2.30. The van der Waals surface area contributed by atoms with Gasteiger partial charge >= 0.3 is 0 Å². The fourth-order valence-corrected chi connectivity index (χ4v) is 5.16. The van der Waals surface area contributed by atoms with Gasteiger partial charge in [-0.1, -0.05) is 32.0 Å². The fourth-order valence-electron chi connectivity index (χ4n) is 3.07. The van der Waals surface area contributed by atoms with Crippen molar-refractivity contribution < 1.29 is 9.84 Å². The van der Waals surface area contributed by atoms with Crippen molar-refractivity contribution in [1.82, 2.24) is 9.97 Å². The molecule has 0 bridgehead atoms. The Morgan fingerprint density at radius 1 is 1.35 bits per heavy atom. The van der Waals surface area contributed by atoms with E-state index in [1.807, 2.05) is 0 Å². The summed E-state index contributed by atoms with van der Waals surface area (Å²) < 4.78 is 5.99. The minimum atomic E-state index is -0.173. The van der Waals surface area contributed by atoms with Crippen LogP contribution in [-0.4, -0.2) is 39.1 Å². The quantitative estimate of drug-likeness (QED) is 0.386. The van der Waals surface area contributed by atoms with Crippen LogP contribution in [0.1, 0.15) is 57.4 Å². The molecular weight excluding hydrogens is 366 g/mol. The molecule has 7 heteroatoms. The molecule has 1 atom stereocenters. The number of aliphatic hydroxyl groups excluding tert-OH is 1. The molecule has 0 spiro atoms. The van der Waals surface area contributed by atoms with Crippen LogP contribution in [0.25, 0.3) is 10.2 Å². The number of ether oxygens (including phenoxy) is 1. The Hall–Kier alpha value is -0.890. The normalized spacial score (nSPS) is 17.3. The maximum absolute atomic E-state index is 9.65. The number of thioether (sulfide) groups is 1. The first-order valence-electron chi connectivity index (χ1n) is 9.43. The molecule has 0 radical (unpaired) electrons. The van der Waals surface area contributed by atoms with E-state index in [1.54, 1.807) is 23.1 Å². The highest BCUT2D eigenvalue weighted by Gasteiger charge is 2.31. The van der Waals surface area contributed by atoms with E-state index in [0.29, 0.717) is 6.61 Å². The molecule has 0 aromatic carbocycles. The molecule has 1 aliphatic heterocycles. The summed E-state index contributed by atoms with van der Waals surface area (Å²) in [5, 5.41) is 15.1. The van der Waals surface area contributed by atoms with Crippen molar-refractivity contribution in [3.63, 3.8) is 0 Å². The van der Waals surface area contributed by atoms with E-state index < -0.39 is 0 Å². The third-order valence-corrected chi connectivity index (χ3v) is 6.73. The van der Waals surface area contributed by atoms with Gasteiger partial charge in [-0.25, -0.2) is 9.97 Å². The summed E-state index contributed by atoms with van der Waals surface area (Å²) in [6, 6.07) is 0.00462. The monoisotopic (exact) mass is 395 g/mol. The van der Waals surface area contributed by atoms with Crippen LogP contribution < -0.4 is 5.32 Å². The zero-order chi connectivity index (χ0) is 18.7. The number of fused-ring (bicyclic) bond motifs is 3. The first-order chi connectivity index (χ1) is 12.5. The first-order valence-corrected chi connectivity index (χ1v) is 11.2. The Balaban J connectivity index is 2.04. The van der Waals surface area contributed by atoms with Gasteiger partial charge in [0.15, 0.2) is 5.16 Å². The van der Waals surface area contributed by atoms with Crippen LogP contribution in [0.3, 0.4) is 0 Å². The maximum Gasteiger partial charge on any atom is 0.190 e. The number of nitrogens with one attached hydrogen (secondary N) is 1. The third kappa shape index (κ3) is 4.32. The van der Waals surface area contributed by atoms with Crippen LogP contribution in [0.4, 0.5) is 5.82 Å². The van der Waals surface area contributed by atoms with Crippen LogP contribution >= 0.6 is 23.1 Å². The Bertz CT molecular complexity index is 757. The number of nitrogens with zero attached hydrogens (tertiary/aromatic N) is 2. The van der Waals surface area contributed by atoms with Gasteiger partial charge in [-0.05, 0) is 32.3 Å². The Labute approximate surface area is 164 Å². The molecule has 1 aliphatic rings. The van der Waals surface area contributed by atoms with E-state index in [0.717, 1.165) is 46.2 Å². The summed E-state index contributed by atoms with van der Waals surface area (Å²) in [6.45, 7) is 9.26. The van der Waals surface area contributed by atoms with Gasteiger partial charge in [0.1, 0.15) is 10.6 Å². The summed E-state index contributed by atoms with van der Waals surface area (Å²) in [7, 11) is 0. The van der Waals surface area contributed by atoms with E-state index in [-0.39, 0.29) is 18.2 Å². The van der Waals surface area contributed by atoms with E-state index in [2.05, 4.69) is 33.0 Å². The third-order valence-electron chi connectivity index (χ3n) is 4.69. The summed E-state index contributed by atoms with van der Waals surface area (Å²) in [6.07, 6.45) is 4.04. The van der Waals surface area contributed by atoms with Gasteiger partial charge in [-0.2, -0.15) is 0 Å². The van der Waals surface area contributed by atoms with Gasteiger partial charge in [0.05, 0.1) is 30.2 Å². The Morgan fingerprint density at radius 2 is 2.15 bits per heavy atom. The molecule has 0 saturated heterocycles. The fraction of sp³-hybridized carbons (Fsp3) is 0.684. The van der Waals surface area contributed by atoms with Crippen molar-refractivity contribution in [1.29, 1.82) is 0 Å². The van der Waals surface area contributed by atoms with Crippen LogP contribution in [-0.2, 0) is 17.8 Å². The molecule has 3 heterocycles. The molecule has 26 heavy (non-hydrogen) atoms. The SMILES string of the molecule is CCCCSc1nc(N[C@@H](CC)CO)c2c3c(sc2n1)COC(C)(C)C3. The molecule has 0 saturated carbocycles. The van der Waals surface area contributed by atoms with E-state index in [9.17, 15) is 5.11 Å². The topological polar surface area (TPSA) is 67.3 Å². The standard InChI is InChI=1S/C19H29N3O2S2/c1-5-7-8-25-18-21-16(20-12(6-2)10-23)15-13-9-19(3,4)24-11-14(13)26-17(15)22-18/h12,23H,5-11H2,1-4H3,(H,20,21,22)/t12-/m0/s1. The maximum atomic E-state index is 9.65. The molecule has 5 nitrogen and oxygen atoms in total. The predicted octanol–water partition coefficient (Wildman–Crippen LogP) is 4.62. The van der Waals surface area contributed by atoms with Crippen LogP contribution in [0.15, 0.2) is 5.16 Å². The van der Waals surface area contributed by atoms with Gasteiger partial charge in [0.2, 0.25) is 0 Å². The molecule has 0 amide bonds. The highest BCUT2D eigenvalue weighted by atomic mass is 32.2. The van der Waals surface area contributed by atoms with Gasteiger partial charge in [0, 0.05) is 17.1 Å². The molecule has 2 aromatic heterocycles. The summed E-state index contributed by atoms with van der Waals surface area (Å²) in [5.41, 5.74) is 1.13. The Morgan fingerprint density at radius 3 is 2.85 bits per heavy atom. The number of unbranched alkanes of at least 4 members (excludes halogenated alkanes) is 1. The molecule has 0 unspecified atom stereocenters. The molecule has 2 aromatic rings. The summed E-state index contributed by atoms with van der Waals surface area (Å²) in [4.78, 5) is 11.9. The number of hydrogen-bond donors (Lipinski definition) is 2. The molecule has 3 rings (SSSR count). The lowest BCUT2D eigenvalue weighted by Crippen LogP contribution is -2.31. The number of anilines is 1. The number of rotatable bonds is 8. The van der Waals surface area contributed by atoms with Crippen molar-refractivity contribution in [3.8, 4) is 0 Å². The smallest absolute Gasteiger partial charge is 0.190 e. The second kappa shape index (κ2) is 8.42. The van der Waals surface area contributed by atoms with Gasteiger partial charge < -0.3 is 15.2 Å². The van der Waals surface area contributed by atoms with E-state index in [4.69, 9.17) is 14.7 Å². The number of aliphatic hydroxyl groups is 1. The summed E-state index contributed by atoms with van der Waals surface area (Å²) in [5.74, 6) is 1.89. The van der Waals surface area contributed by atoms with Gasteiger partial charge in [-0.15, -0.1) is 11.3 Å². The number of thiophene rings is 1. The first kappa shape index (κ1) is 19.9. The minimum absolute atomic E-state index is 0.00462. The van der Waals surface area contributed by atoms with Crippen LogP contribution in [0, 0.1) is 0 Å².